The first-order valence-corrected chi connectivity index (χ1v) is 7.86. The zero-order chi connectivity index (χ0) is 16.7. The van der Waals surface area contributed by atoms with Crippen LogP contribution in [0.25, 0.3) is 0 Å². The van der Waals surface area contributed by atoms with Crippen LogP contribution < -0.4 is 0 Å². The summed E-state index contributed by atoms with van der Waals surface area (Å²) in [6.07, 6.45) is 0.520. The number of hydrogen-bond donors (Lipinski definition) is 0. The molecule has 0 aromatic heterocycles. The Bertz CT molecular complexity index is 874. The molecular formula is C19H16N2O3. The van der Waals surface area contributed by atoms with Crippen LogP contribution in [0.5, 0.6) is 0 Å². The topological polar surface area (TPSA) is 68.1 Å². The molecule has 0 saturated carbocycles. The Kier molecular flexibility index (Phi) is 3.30. The van der Waals surface area contributed by atoms with Gasteiger partial charge in [-0.3, -0.25) is 4.79 Å². The number of fused-ring (bicyclic) bond motifs is 1. The minimum absolute atomic E-state index is 0.0102. The molecule has 5 heteroatoms. The monoisotopic (exact) mass is 320 g/mol. The number of ether oxygens (including phenoxy) is 1. The van der Waals surface area contributed by atoms with Crippen molar-refractivity contribution in [2.24, 2.45) is 10.2 Å². The molecule has 24 heavy (non-hydrogen) atoms. The van der Waals surface area contributed by atoms with Crippen molar-refractivity contribution in [1.82, 2.24) is 0 Å². The van der Waals surface area contributed by atoms with Gasteiger partial charge in [0.25, 0.3) is 0 Å². The van der Waals surface area contributed by atoms with Gasteiger partial charge in [0.2, 0.25) is 0 Å². The van der Waals surface area contributed by atoms with E-state index in [1.807, 2.05) is 36.4 Å². The highest BCUT2D eigenvalue weighted by atomic mass is 16.5. The number of rotatable bonds is 2. The highest BCUT2D eigenvalue weighted by Gasteiger charge is 2.55. The Balaban J connectivity index is 1.82. The van der Waals surface area contributed by atoms with Crippen LogP contribution in [0.3, 0.4) is 0 Å². The SMILES string of the molecule is COC(=O)c1ccccc1[C@H]1CN=N[C@@]12Cc1ccccc1C2=O. The minimum Gasteiger partial charge on any atom is -0.465 e. The molecule has 0 saturated heterocycles. The Morgan fingerprint density at radius 2 is 1.92 bits per heavy atom. The summed E-state index contributed by atoms with van der Waals surface area (Å²) in [5, 5.41) is 8.56. The first-order valence-electron chi connectivity index (χ1n) is 7.86. The van der Waals surface area contributed by atoms with Gasteiger partial charge >= 0.3 is 5.97 Å². The Labute approximate surface area is 139 Å². The summed E-state index contributed by atoms with van der Waals surface area (Å²) in [6.45, 7) is 0.397. The Hall–Kier alpha value is -2.82. The van der Waals surface area contributed by atoms with E-state index in [0.717, 1.165) is 11.1 Å². The number of esters is 1. The molecule has 1 aliphatic heterocycles. The van der Waals surface area contributed by atoms with Gasteiger partial charge in [0.1, 0.15) is 0 Å². The number of carbonyl (C=O) groups is 2. The molecule has 4 rings (SSSR count). The van der Waals surface area contributed by atoms with Crippen LogP contribution in [-0.4, -0.2) is 30.9 Å². The van der Waals surface area contributed by atoms with E-state index in [-0.39, 0.29) is 11.7 Å². The largest absolute Gasteiger partial charge is 0.465 e. The van der Waals surface area contributed by atoms with Crippen molar-refractivity contribution in [2.75, 3.05) is 13.7 Å². The van der Waals surface area contributed by atoms with E-state index in [0.29, 0.717) is 24.1 Å². The summed E-state index contributed by atoms with van der Waals surface area (Å²) in [4.78, 5) is 25.2. The van der Waals surface area contributed by atoms with Gasteiger partial charge in [-0.25, -0.2) is 4.79 Å². The van der Waals surface area contributed by atoms with Gasteiger partial charge < -0.3 is 4.74 Å². The normalized spacial score (nSPS) is 24.4. The smallest absolute Gasteiger partial charge is 0.338 e. The lowest BCUT2D eigenvalue weighted by Gasteiger charge is -2.26. The Morgan fingerprint density at radius 1 is 1.17 bits per heavy atom. The van der Waals surface area contributed by atoms with Crippen molar-refractivity contribution < 1.29 is 14.3 Å². The third-order valence-electron chi connectivity index (χ3n) is 4.95. The molecule has 2 atom stereocenters. The average Bonchev–Trinajstić information content (AvgIpc) is 3.17. The minimum atomic E-state index is -0.937. The van der Waals surface area contributed by atoms with E-state index in [1.165, 1.54) is 7.11 Å². The molecule has 1 heterocycles. The summed E-state index contributed by atoms with van der Waals surface area (Å²) in [5.41, 5.74) is 2.01. The van der Waals surface area contributed by atoms with Gasteiger partial charge in [0.05, 0.1) is 19.2 Å². The molecule has 2 aliphatic rings. The molecule has 1 aliphatic carbocycles. The van der Waals surface area contributed by atoms with Crippen molar-refractivity contribution in [3.05, 3.63) is 70.8 Å². The lowest BCUT2D eigenvalue weighted by molar-refractivity contribution is 0.0597. The molecule has 0 bridgehead atoms. The standard InChI is InChI=1S/C19H16N2O3/c1-24-18(23)15-9-5-4-8-14(15)16-11-20-21-19(16)10-12-6-2-3-7-13(12)17(19)22/h2-9,16H,10-11H2,1H3/t16-,19+/m1/s1. The second-order valence-electron chi connectivity index (χ2n) is 6.14. The Morgan fingerprint density at radius 3 is 2.71 bits per heavy atom. The van der Waals surface area contributed by atoms with E-state index in [4.69, 9.17) is 4.74 Å². The number of ketones is 1. The van der Waals surface area contributed by atoms with Crippen LogP contribution in [0.15, 0.2) is 58.8 Å². The molecular weight excluding hydrogens is 304 g/mol. The molecule has 0 amide bonds. The lowest BCUT2D eigenvalue weighted by atomic mass is 9.76. The van der Waals surface area contributed by atoms with Crippen molar-refractivity contribution in [1.29, 1.82) is 0 Å². The molecule has 0 N–H and O–H groups in total. The molecule has 0 radical (unpaired) electrons. The van der Waals surface area contributed by atoms with Crippen molar-refractivity contribution in [2.45, 2.75) is 17.9 Å². The molecule has 0 fully saturated rings. The number of azo groups is 1. The number of Topliss-reactive ketones (excluding diaryl/α,β-unsaturated/α-hetero) is 1. The van der Waals surface area contributed by atoms with Gasteiger partial charge in [0.15, 0.2) is 11.3 Å². The van der Waals surface area contributed by atoms with Crippen molar-refractivity contribution in [3.8, 4) is 0 Å². The fourth-order valence-electron chi connectivity index (χ4n) is 3.78. The third-order valence-corrected chi connectivity index (χ3v) is 4.95. The van der Waals surface area contributed by atoms with Crippen molar-refractivity contribution >= 4 is 11.8 Å². The van der Waals surface area contributed by atoms with Gasteiger partial charge in [-0.2, -0.15) is 10.2 Å². The first kappa shape index (κ1) is 14.8. The maximum atomic E-state index is 13.1. The van der Waals surface area contributed by atoms with Crippen LogP contribution in [-0.2, 0) is 11.2 Å². The van der Waals surface area contributed by atoms with E-state index >= 15 is 0 Å². The van der Waals surface area contributed by atoms with Gasteiger partial charge in [-0.15, -0.1) is 0 Å². The highest BCUT2D eigenvalue weighted by Crippen LogP contribution is 2.47. The van der Waals surface area contributed by atoms with Gasteiger partial charge in [0, 0.05) is 17.9 Å². The summed E-state index contributed by atoms with van der Waals surface area (Å²) in [7, 11) is 1.36. The maximum Gasteiger partial charge on any atom is 0.338 e. The molecule has 2 aromatic carbocycles. The number of hydrogen-bond acceptors (Lipinski definition) is 5. The summed E-state index contributed by atoms with van der Waals surface area (Å²) in [6, 6.07) is 14.8. The molecule has 1 spiro atoms. The van der Waals surface area contributed by atoms with Crippen molar-refractivity contribution in [3.63, 3.8) is 0 Å². The summed E-state index contributed by atoms with van der Waals surface area (Å²) in [5.74, 6) is -0.674. The van der Waals surface area contributed by atoms with E-state index in [1.54, 1.807) is 12.1 Å². The molecule has 5 nitrogen and oxygen atoms in total. The van der Waals surface area contributed by atoms with E-state index < -0.39 is 11.5 Å². The predicted molar refractivity (Wildman–Crippen MR) is 87.5 cm³/mol. The maximum absolute atomic E-state index is 13.1. The van der Waals surface area contributed by atoms with Crippen LogP contribution in [0, 0.1) is 0 Å². The summed E-state index contributed by atoms with van der Waals surface area (Å²) < 4.78 is 4.89. The lowest BCUT2D eigenvalue weighted by Crippen LogP contribution is -2.39. The zero-order valence-electron chi connectivity index (χ0n) is 13.2. The third kappa shape index (κ3) is 1.94. The fourth-order valence-corrected chi connectivity index (χ4v) is 3.78. The fraction of sp³-hybridized carbons (Fsp3) is 0.263. The quantitative estimate of drug-likeness (QED) is 0.798. The first-order chi connectivity index (χ1) is 11.7. The van der Waals surface area contributed by atoms with E-state index in [9.17, 15) is 9.59 Å². The van der Waals surface area contributed by atoms with Crippen LogP contribution in [0.2, 0.25) is 0 Å². The second kappa shape index (κ2) is 5.37. The van der Waals surface area contributed by atoms with E-state index in [2.05, 4.69) is 10.2 Å². The number of benzene rings is 2. The number of nitrogens with zero attached hydrogens (tertiary/aromatic N) is 2. The van der Waals surface area contributed by atoms with Crippen LogP contribution in [0.1, 0.15) is 37.8 Å². The van der Waals surface area contributed by atoms with Crippen LogP contribution in [0.4, 0.5) is 0 Å². The molecule has 120 valence electrons. The summed E-state index contributed by atoms with van der Waals surface area (Å²) >= 11 is 0. The molecule has 0 unspecified atom stereocenters. The zero-order valence-corrected chi connectivity index (χ0v) is 13.2. The average molecular weight is 320 g/mol. The van der Waals surface area contributed by atoms with Gasteiger partial charge in [-0.05, 0) is 17.2 Å². The number of methoxy groups -OCH3 is 1. The molecule has 2 aromatic rings. The van der Waals surface area contributed by atoms with Crippen LogP contribution >= 0.6 is 0 Å². The predicted octanol–water partition coefficient (Wildman–Crippen LogP) is 3.20. The van der Waals surface area contributed by atoms with Gasteiger partial charge in [-0.1, -0.05) is 42.5 Å². The highest BCUT2D eigenvalue weighted by molar-refractivity contribution is 6.09. The second-order valence-corrected chi connectivity index (χ2v) is 6.14. The number of carbonyl (C=O) groups excluding carboxylic acids is 2.